The van der Waals surface area contributed by atoms with Crippen LogP contribution in [-0.4, -0.2) is 6.29 Å². The Morgan fingerprint density at radius 1 is 1.75 bits per heavy atom. The fourth-order valence-corrected chi connectivity index (χ4v) is 0.859. The van der Waals surface area contributed by atoms with Crippen LogP contribution in [0.2, 0.25) is 0 Å². The summed E-state index contributed by atoms with van der Waals surface area (Å²) in [6.07, 6.45) is 4.34. The Morgan fingerprint density at radius 3 is 3.00 bits per heavy atom. The number of hydrogen-bond donors (Lipinski definition) is 1. The van der Waals surface area contributed by atoms with Crippen molar-refractivity contribution >= 4 is 18.2 Å². The van der Waals surface area contributed by atoms with Crippen LogP contribution in [-0.2, 0) is 4.79 Å². The van der Waals surface area contributed by atoms with Crippen LogP contribution in [0, 0.1) is 0 Å². The zero-order chi connectivity index (χ0) is 5.82. The fourth-order valence-electron chi connectivity index (χ4n) is 0.382. The van der Waals surface area contributed by atoms with Crippen LogP contribution in [0.5, 0.6) is 0 Å². The van der Waals surface area contributed by atoms with Crippen LogP contribution in [0.25, 0.3) is 0 Å². The molecule has 2 nitrogen and oxygen atoms in total. The predicted octanol–water partition coefficient (Wildman–Crippen LogP) is 0.834. The second kappa shape index (κ2) is 2.57. The Morgan fingerprint density at radius 2 is 2.62 bits per heavy atom. The van der Waals surface area contributed by atoms with Crippen LogP contribution in [0.15, 0.2) is 23.3 Å². The summed E-state index contributed by atoms with van der Waals surface area (Å²) < 4.78 is 2.79. The Balaban J connectivity index is 2.63. The van der Waals surface area contributed by atoms with Gasteiger partial charge in [0.1, 0.15) is 0 Å². The van der Waals surface area contributed by atoms with E-state index in [-0.39, 0.29) is 0 Å². The van der Waals surface area contributed by atoms with E-state index in [1.54, 1.807) is 6.08 Å². The molecular formula is C5H5NOS. The molecule has 0 bridgehead atoms. The van der Waals surface area contributed by atoms with Gasteiger partial charge in [0.15, 0.2) is 6.29 Å². The van der Waals surface area contributed by atoms with Crippen molar-refractivity contribution in [2.75, 3.05) is 0 Å². The van der Waals surface area contributed by atoms with Crippen molar-refractivity contribution in [3.63, 3.8) is 0 Å². The number of hydrogen-bond acceptors (Lipinski definition) is 3. The molecule has 42 valence electrons. The molecule has 0 saturated carbocycles. The van der Waals surface area contributed by atoms with E-state index in [1.807, 2.05) is 11.5 Å². The van der Waals surface area contributed by atoms with Gasteiger partial charge in [0.05, 0.1) is 5.70 Å². The molecule has 0 fully saturated rings. The van der Waals surface area contributed by atoms with E-state index < -0.39 is 0 Å². The van der Waals surface area contributed by atoms with E-state index in [2.05, 4.69) is 4.72 Å². The lowest BCUT2D eigenvalue weighted by Gasteiger charge is -2.01. The molecule has 1 aliphatic rings. The average molecular weight is 127 g/mol. The highest BCUT2D eigenvalue weighted by Crippen LogP contribution is 2.05. The summed E-state index contributed by atoms with van der Waals surface area (Å²) in [5.41, 5.74) is 0.623. The first kappa shape index (κ1) is 5.44. The zero-order valence-corrected chi connectivity index (χ0v) is 4.94. The lowest BCUT2D eigenvalue weighted by atomic mass is 10.4. The van der Waals surface area contributed by atoms with Gasteiger partial charge >= 0.3 is 0 Å². The minimum Gasteiger partial charge on any atom is -0.323 e. The molecule has 0 radical (unpaired) electrons. The Bertz CT molecular complexity index is 151. The van der Waals surface area contributed by atoms with Crippen LogP contribution < -0.4 is 4.72 Å². The second-order valence-corrected chi connectivity index (χ2v) is 2.00. The van der Waals surface area contributed by atoms with Crippen LogP contribution in [0.4, 0.5) is 0 Å². The molecular weight excluding hydrogens is 122 g/mol. The fraction of sp³-hybridized carbons (Fsp3) is 0. The summed E-state index contributed by atoms with van der Waals surface area (Å²) in [5, 5.41) is 1.87. The van der Waals surface area contributed by atoms with Crippen molar-refractivity contribution in [2.45, 2.75) is 0 Å². The van der Waals surface area contributed by atoms with E-state index in [1.165, 1.54) is 11.9 Å². The molecule has 0 unspecified atom stereocenters. The third kappa shape index (κ3) is 1.13. The van der Waals surface area contributed by atoms with Gasteiger partial charge in [-0.1, -0.05) is 6.08 Å². The summed E-state index contributed by atoms with van der Waals surface area (Å²) in [4.78, 5) is 9.98. The number of carbonyl (C=O) groups is 1. The van der Waals surface area contributed by atoms with Gasteiger partial charge in [-0.3, -0.25) is 4.79 Å². The third-order valence-electron chi connectivity index (χ3n) is 0.726. The first-order chi connectivity index (χ1) is 3.93. The molecule has 1 rings (SSSR count). The van der Waals surface area contributed by atoms with Gasteiger partial charge in [-0.05, 0) is 23.4 Å². The molecule has 0 aliphatic carbocycles. The smallest absolute Gasteiger partial charge is 0.166 e. The van der Waals surface area contributed by atoms with Gasteiger partial charge in [-0.15, -0.1) is 0 Å². The number of allylic oxidation sites excluding steroid dienone is 3. The molecule has 0 aromatic carbocycles. The number of rotatable bonds is 1. The average Bonchev–Trinajstić information content (AvgIpc) is 1.90. The Labute approximate surface area is 51.8 Å². The molecule has 1 aliphatic heterocycles. The highest BCUT2D eigenvalue weighted by atomic mass is 32.2. The quantitative estimate of drug-likeness (QED) is 0.418. The monoisotopic (exact) mass is 127 g/mol. The second-order valence-electron chi connectivity index (χ2n) is 1.29. The summed E-state index contributed by atoms with van der Waals surface area (Å²) in [6.45, 7) is 0. The van der Waals surface area contributed by atoms with Crippen LogP contribution >= 0.6 is 11.9 Å². The lowest BCUT2D eigenvalue weighted by Crippen LogP contribution is -2.04. The van der Waals surface area contributed by atoms with E-state index in [4.69, 9.17) is 0 Å². The topological polar surface area (TPSA) is 29.1 Å². The minimum atomic E-state index is 0.623. The van der Waals surface area contributed by atoms with Crippen LogP contribution in [0.1, 0.15) is 0 Å². The Kier molecular flexibility index (Phi) is 1.75. The SMILES string of the molecule is O=CC1=CC=CSN1. The molecule has 0 atom stereocenters. The van der Waals surface area contributed by atoms with Gasteiger partial charge in [-0.25, -0.2) is 0 Å². The van der Waals surface area contributed by atoms with Crippen molar-refractivity contribution in [1.82, 2.24) is 4.72 Å². The van der Waals surface area contributed by atoms with Gasteiger partial charge in [0.25, 0.3) is 0 Å². The summed E-state index contributed by atoms with van der Waals surface area (Å²) >= 11 is 1.40. The maximum absolute atomic E-state index is 9.98. The Hall–Kier alpha value is -0.700. The summed E-state index contributed by atoms with van der Waals surface area (Å²) in [5.74, 6) is 0. The molecule has 1 N–H and O–H groups in total. The number of nitrogens with one attached hydrogen (secondary N) is 1. The highest BCUT2D eigenvalue weighted by Gasteiger charge is 1.92. The zero-order valence-electron chi connectivity index (χ0n) is 4.13. The summed E-state index contributed by atoms with van der Waals surface area (Å²) in [6, 6.07) is 0. The standard InChI is InChI=1S/C5H5NOS/c7-4-5-2-1-3-8-6-5/h1-4,6H. The highest BCUT2D eigenvalue weighted by molar-refractivity contribution is 8.00. The van der Waals surface area contributed by atoms with Crippen molar-refractivity contribution in [3.05, 3.63) is 23.3 Å². The van der Waals surface area contributed by atoms with E-state index in [0.29, 0.717) is 5.70 Å². The molecule has 0 aromatic heterocycles. The first-order valence-corrected chi connectivity index (χ1v) is 3.05. The van der Waals surface area contributed by atoms with Gasteiger partial charge < -0.3 is 4.72 Å². The van der Waals surface area contributed by atoms with Gasteiger partial charge in [0.2, 0.25) is 0 Å². The lowest BCUT2D eigenvalue weighted by molar-refractivity contribution is -0.105. The molecule has 8 heavy (non-hydrogen) atoms. The van der Waals surface area contributed by atoms with Crippen LogP contribution in [0.3, 0.4) is 0 Å². The third-order valence-corrected chi connectivity index (χ3v) is 1.37. The van der Waals surface area contributed by atoms with Crippen molar-refractivity contribution in [1.29, 1.82) is 0 Å². The molecule has 0 saturated heterocycles. The molecule has 1 heterocycles. The minimum absolute atomic E-state index is 0.623. The normalized spacial score (nSPS) is 16.8. The number of aldehydes is 1. The first-order valence-electron chi connectivity index (χ1n) is 2.17. The molecule has 0 spiro atoms. The van der Waals surface area contributed by atoms with Crippen molar-refractivity contribution in [3.8, 4) is 0 Å². The van der Waals surface area contributed by atoms with E-state index in [9.17, 15) is 4.79 Å². The van der Waals surface area contributed by atoms with E-state index in [0.717, 1.165) is 6.29 Å². The number of carbonyl (C=O) groups excluding carboxylic acids is 1. The van der Waals surface area contributed by atoms with Crippen molar-refractivity contribution in [2.24, 2.45) is 0 Å². The maximum atomic E-state index is 9.98. The molecule has 0 aromatic rings. The van der Waals surface area contributed by atoms with Crippen molar-refractivity contribution < 1.29 is 4.79 Å². The molecule has 0 amide bonds. The van der Waals surface area contributed by atoms with Gasteiger partial charge in [0, 0.05) is 0 Å². The summed E-state index contributed by atoms with van der Waals surface area (Å²) in [7, 11) is 0. The predicted molar refractivity (Wildman–Crippen MR) is 34.0 cm³/mol. The van der Waals surface area contributed by atoms with E-state index >= 15 is 0 Å². The maximum Gasteiger partial charge on any atom is 0.166 e. The largest absolute Gasteiger partial charge is 0.323 e. The van der Waals surface area contributed by atoms with Gasteiger partial charge in [-0.2, -0.15) is 0 Å². The molecule has 3 heteroatoms.